The Morgan fingerprint density at radius 1 is 0.950 bits per heavy atom. The van der Waals surface area contributed by atoms with Crippen molar-refractivity contribution in [3.05, 3.63) is 0 Å². The van der Waals surface area contributed by atoms with Crippen LogP contribution in [0.2, 0.25) is 0 Å². The third-order valence-electron chi connectivity index (χ3n) is 4.56. The predicted molar refractivity (Wildman–Crippen MR) is 81.9 cm³/mol. The Hall–Kier alpha value is -0.160. The van der Waals surface area contributed by atoms with E-state index in [1.807, 2.05) is 0 Å². The molecule has 1 unspecified atom stereocenters. The van der Waals surface area contributed by atoms with E-state index in [2.05, 4.69) is 46.4 Å². The van der Waals surface area contributed by atoms with Crippen LogP contribution in [0.15, 0.2) is 0 Å². The summed E-state index contributed by atoms with van der Waals surface area (Å²) in [6, 6.07) is 0. The Kier molecular flexibility index (Phi) is 4.00. The molecule has 0 aromatic carbocycles. The lowest BCUT2D eigenvalue weighted by Gasteiger charge is -2.57. The molecule has 0 aromatic heterocycles. The van der Waals surface area contributed by atoms with Gasteiger partial charge in [0.05, 0.1) is 16.8 Å². The highest BCUT2D eigenvalue weighted by Gasteiger charge is 2.49. The summed E-state index contributed by atoms with van der Waals surface area (Å²) in [7, 11) is 0. The Balaban J connectivity index is 2.26. The quantitative estimate of drug-likeness (QED) is 0.844. The van der Waals surface area contributed by atoms with Crippen LogP contribution in [0.25, 0.3) is 0 Å². The monoisotopic (exact) mass is 284 g/mol. The number of nitrogens with two attached hydrogens (primary N) is 1. The van der Waals surface area contributed by atoms with E-state index in [1.54, 1.807) is 0 Å². The van der Waals surface area contributed by atoms with Crippen molar-refractivity contribution in [1.82, 2.24) is 4.90 Å². The van der Waals surface area contributed by atoms with Crippen LogP contribution >= 0.6 is 0 Å². The lowest BCUT2D eigenvalue weighted by atomic mass is 9.78. The maximum atomic E-state index is 6.23. The first-order chi connectivity index (χ1) is 8.99. The molecular formula is C16H32N2O2. The average molecular weight is 284 g/mol. The molecule has 2 heterocycles. The second-order valence-corrected chi connectivity index (χ2v) is 8.44. The van der Waals surface area contributed by atoms with E-state index in [4.69, 9.17) is 15.2 Å². The Labute approximate surface area is 124 Å². The second-order valence-electron chi connectivity index (χ2n) is 8.44. The van der Waals surface area contributed by atoms with E-state index < -0.39 is 0 Å². The highest BCUT2D eigenvalue weighted by molar-refractivity contribution is 5.04. The molecule has 2 N–H and O–H groups in total. The number of hydrogen-bond donors (Lipinski definition) is 1. The molecule has 2 aliphatic rings. The summed E-state index contributed by atoms with van der Waals surface area (Å²) < 4.78 is 12.1. The highest BCUT2D eigenvalue weighted by atomic mass is 16.5. The van der Waals surface area contributed by atoms with Crippen molar-refractivity contribution in [2.75, 3.05) is 26.2 Å². The van der Waals surface area contributed by atoms with Crippen LogP contribution in [0.3, 0.4) is 0 Å². The minimum atomic E-state index is -0.133. The molecule has 2 aliphatic heterocycles. The Bertz CT molecular complexity index is 349. The molecule has 0 saturated carbocycles. The minimum Gasteiger partial charge on any atom is -0.375 e. The van der Waals surface area contributed by atoms with E-state index in [9.17, 15) is 0 Å². The Morgan fingerprint density at radius 2 is 1.50 bits per heavy atom. The van der Waals surface area contributed by atoms with Crippen LogP contribution in [0.5, 0.6) is 0 Å². The van der Waals surface area contributed by atoms with Crippen molar-refractivity contribution in [1.29, 1.82) is 0 Å². The number of ether oxygens (including phenoxy) is 2. The van der Waals surface area contributed by atoms with Crippen LogP contribution in [-0.2, 0) is 9.47 Å². The van der Waals surface area contributed by atoms with Crippen molar-refractivity contribution in [3.63, 3.8) is 0 Å². The molecule has 0 bridgehead atoms. The fourth-order valence-electron chi connectivity index (χ4n) is 4.15. The van der Waals surface area contributed by atoms with Crippen LogP contribution < -0.4 is 5.73 Å². The van der Waals surface area contributed by atoms with Gasteiger partial charge >= 0.3 is 0 Å². The molecule has 0 radical (unpaired) electrons. The van der Waals surface area contributed by atoms with Crippen molar-refractivity contribution < 1.29 is 9.47 Å². The van der Waals surface area contributed by atoms with Gasteiger partial charge < -0.3 is 15.2 Å². The molecule has 2 fully saturated rings. The van der Waals surface area contributed by atoms with Gasteiger partial charge in [-0.3, -0.25) is 4.90 Å². The van der Waals surface area contributed by atoms with Gasteiger partial charge in [0.15, 0.2) is 0 Å². The Morgan fingerprint density at radius 3 is 1.95 bits per heavy atom. The van der Waals surface area contributed by atoms with Gasteiger partial charge in [-0.2, -0.15) is 0 Å². The van der Waals surface area contributed by atoms with E-state index in [0.29, 0.717) is 6.54 Å². The van der Waals surface area contributed by atoms with Gasteiger partial charge in [-0.15, -0.1) is 0 Å². The first-order valence-electron chi connectivity index (χ1n) is 7.79. The van der Waals surface area contributed by atoms with E-state index >= 15 is 0 Å². The number of hydrogen-bond acceptors (Lipinski definition) is 4. The predicted octanol–water partition coefficient (Wildman–Crippen LogP) is 2.16. The summed E-state index contributed by atoms with van der Waals surface area (Å²) in [6.45, 7) is 16.4. The first-order valence-corrected chi connectivity index (χ1v) is 7.79. The topological polar surface area (TPSA) is 47.7 Å². The van der Waals surface area contributed by atoms with Gasteiger partial charge in [-0.1, -0.05) is 0 Å². The molecule has 1 atom stereocenters. The summed E-state index contributed by atoms with van der Waals surface area (Å²) in [5.74, 6) is 0. The maximum absolute atomic E-state index is 6.23. The molecule has 0 aromatic rings. The zero-order valence-electron chi connectivity index (χ0n) is 14.1. The molecular weight excluding hydrogens is 252 g/mol. The minimum absolute atomic E-state index is 0.0417. The van der Waals surface area contributed by atoms with Crippen LogP contribution in [0.1, 0.15) is 54.4 Å². The van der Waals surface area contributed by atoms with Crippen LogP contribution in [0.4, 0.5) is 0 Å². The maximum Gasteiger partial charge on any atom is 0.0761 e. The summed E-state index contributed by atoms with van der Waals surface area (Å²) >= 11 is 0. The van der Waals surface area contributed by atoms with Gasteiger partial charge in [0.1, 0.15) is 0 Å². The summed E-state index contributed by atoms with van der Waals surface area (Å²) in [5, 5.41) is 0. The van der Waals surface area contributed by atoms with Crippen LogP contribution in [0, 0.1) is 0 Å². The third kappa shape index (κ3) is 3.35. The van der Waals surface area contributed by atoms with Gasteiger partial charge in [0.25, 0.3) is 0 Å². The number of morpholine rings is 1. The number of nitrogens with zero attached hydrogens (tertiary/aromatic N) is 1. The normalized spacial score (nSPS) is 36.8. The largest absolute Gasteiger partial charge is 0.375 e. The first kappa shape index (κ1) is 16.2. The highest BCUT2D eigenvalue weighted by Crippen LogP contribution is 2.40. The molecule has 4 nitrogen and oxygen atoms in total. The number of rotatable bonds is 2. The zero-order valence-corrected chi connectivity index (χ0v) is 14.1. The fraction of sp³-hybridized carbons (Fsp3) is 1.00. The lowest BCUT2D eigenvalue weighted by Crippen LogP contribution is -2.68. The van der Waals surface area contributed by atoms with Crippen molar-refractivity contribution >= 4 is 0 Å². The van der Waals surface area contributed by atoms with E-state index in [-0.39, 0.29) is 22.3 Å². The van der Waals surface area contributed by atoms with Crippen LogP contribution in [-0.4, -0.2) is 53.5 Å². The van der Waals surface area contributed by atoms with Gasteiger partial charge in [0.2, 0.25) is 0 Å². The van der Waals surface area contributed by atoms with Gasteiger partial charge in [-0.25, -0.2) is 0 Å². The molecule has 4 heteroatoms. The molecule has 0 amide bonds. The summed E-state index contributed by atoms with van der Waals surface area (Å²) in [5.41, 5.74) is 5.91. The summed E-state index contributed by atoms with van der Waals surface area (Å²) in [4.78, 5) is 2.57. The van der Waals surface area contributed by atoms with E-state index in [1.165, 1.54) is 0 Å². The SMILES string of the molecule is CC1(C)CC(CN)(N2CC(C)(C)OC(C)(C)C2)CCO1. The van der Waals surface area contributed by atoms with E-state index in [0.717, 1.165) is 32.5 Å². The standard InChI is InChI=1S/C16H32N2O2/c1-13(2)9-16(10-17,7-8-19-13)18-11-14(3,4)20-15(5,6)12-18/h7-12,17H2,1-6H3. The zero-order chi connectivity index (χ0) is 15.2. The lowest BCUT2D eigenvalue weighted by molar-refractivity contribution is -0.216. The smallest absolute Gasteiger partial charge is 0.0761 e. The molecule has 0 spiro atoms. The second kappa shape index (κ2) is 4.94. The van der Waals surface area contributed by atoms with Crippen molar-refractivity contribution in [2.45, 2.75) is 76.7 Å². The fourth-order valence-corrected chi connectivity index (χ4v) is 4.15. The molecule has 20 heavy (non-hydrogen) atoms. The summed E-state index contributed by atoms with van der Waals surface area (Å²) in [6.07, 6.45) is 2.00. The van der Waals surface area contributed by atoms with Gasteiger partial charge in [-0.05, 0) is 54.4 Å². The molecule has 0 aliphatic carbocycles. The average Bonchev–Trinajstić information content (AvgIpc) is 2.23. The molecule has 2 rings (SSSR count). The van der Waals surface area contributed by atoms with Gasteiger partial charge in [0, 0.05) is 31.8 Å². The molecule has 118 valence electrons. The van der Waals surface area contributed by atoms with Crippen molar-refractivity contribution in [3.8, 4) is 0 Å². The van der Waals surface area contributed by atoms with Crippen molar-refractivity contribution in [2.24, 2.45) is 5.73 Å². The molecule has 2 saturated heterocycles. The third-order valence-corrected chi connectivity index (χ3v) is 4.56.